The van der Waals surface area contributed by atoms with Crippen LogP contribution in [0.2, 0.25) is 5.02 Å². The summed E-state index contributed by atoms with van der Waals surface area (Å²) in [5.41, 5.74) is -0.0827. The van der Waals surface area contributed by atoms with Crippen molar-refractivity contribution in [3.8, 4) is 5.75 Å². The number of carboxylic acids is 1. The number of sulfone groups is 1. The van der Waals surface area contributed by atoms with Gasteiger partial charge >= 0.3 is 5.97 Å². The van der Waals surface area contributed by atoms with Gasteiger partial charge < -0.3 is 9.84 Å². The summed E-state index contributed by atoms with van der Waals surface area (Å²) < 4.78 is 29.0. The van der Waals surface area contributed by atoms with Crippen LogP contribution >= 0.6 is 11.6 Å². The fraction of sp³-hybridized carbons (Fsp3) is 0.500. The molecule has 1 N–H and O–H groups in total. The van der Waals surface area contributed by atoms with Gasteiger partial charge in [0, 0.05) is 12.7 Å². The van der Waals surface area contributed by atoms with Crippen LogP contribution in [0.15, 0.2) is 18.2 Å². The van der Waals surface area contributed by atoms with E-state index < -0.39 is 21.1 Å². The molecule has 1 aliphatic carbocycles. The molecular formula is C14H17ClO5S. The third-order valence-corrected chi connectivity index (χ3v) is 5.62. The van der Waals surface area contributed by atoms with Crippen LogP contribution in [0.4, 0.5) is 0 Å². The van der Waals surface area contributed by atoms with Crippen LogP contribution in [-0.4, -0.2) is 37.1 Å². The maximum absolute atomic E-state index is 11.6. The number of benzene rings is 1. The van der Waals surface area contributed by atoms with E-state index in [2.05, 4.69) is 0 Å². The molecule has 0 aliphatic heterocycles. The second-order valence-electron chi connectivity index (χ2n) is 5.28. The first kappa shape index (κ1) is 16.1. The number of hydrogen-bond acceptors (Lipinski definition) is 4. The molecule has 1 aromatic rings. The van der Waals surface area contributed by atoms with Crippen molar-refractivity contribution in [2.75, 3.05) is 6.26 Å². The van der Waals surface area contributed by atoms with Crippen LogP contribution in [0.1, 0.15) is 36.0 Å². The third kappa shape index (κ3) is 3.89. The number of hydrogen-bond donors (Lipinski definition) is 1. The predicted octanol–water partition coefficient (Wildman–Crippen LogP) is 2.77. The van der Waals surface area contributed by atoms with E-state index in [0.29, 0.717) is 19.3 Å². The Morgan fingerprint density at radius 3 is 2.71 bits per heavy atom. The van der Waals surface area contributed by atoms with E-state index in [1.807, 2.05) is 0 Å². The first-order valence-corrected chi connectivity index (χ1v) is 8.99. The molecule has 1 saturated carbocycles. The Bertz CT molecular complexity index is 641. The summed E-state index contributed by atoms with van der Waals surface area (Å²) in [6, 6.07) is 4.64. The van der Waals surface area contributed by atoms with Crippen molar-refractivity contribution in [3.63, 3.8) is 0 Å². The van der Waals surface area contributed by atoms with Gasteiger partial charge in [-0.15, -0.1) is 0 Å². The van der Waals surface area contributed by atoms with Gasteiger partial charge in [0.25, 0.3) is 0 Å². The Morgan fingerprint density at radius 1 is 1.38 bits per heavy atom. The molecule has 1 aromatic carbocycles. The topological polar surface area (TPSA) is 80.7 Å². The number of rotatable bonds is 4. The van der Waals surface area contributed by atoms with Crippen molar-refractivity contribution in [3.05, 3.63) is 28.8 Å². The average Bonchev–Trinajstić information content (AvgIpc) is 2.37. The van der Waals surface area contributed by atoms with Crippen molar-refractivity contribution in [1.82, 2.24) is 0 Å². The van der Waals surface area contributed by atoms with Crippen molar-refractivity contribution in [2.45, 2.75) is 37.0 Å². The van der Waals surface area contributed by atoms with Gasteiger partial charge in [0.05, 0.1) is 16.4 Å². The van der Waals surface area contributed by atoms with E-state index in [1.54, 1.807) is 12.1 Å². The molecule has 21 heavy (non-hydrogen) atoms. The van der Waals surface area contributed by atoms with Crippen LogP contribution in [0.3, 0.4) is 0 Å². The van der Waals surface area contributed by atoms with Gasteiger partial charge in [-0.2, -0.15) is 0 Å². The molecule has 2 unspecified atom stereocenters. The van der Waals surface area contributed by atoms with E-state index in [4.69, 9.17) is 16.3 Å². The highest BCUT2D eigenvalue weighted by molar-refractivity contribution is 7.91. The van der Waals surface area contributed by atoms with Gasteiger partial charge in [0.2, 0.25) is 0 Å². The Labute approximate surface area is 128 Å². The van der Waals surface area contributed by atoms with Crippen LogP contribution < -0.4 is 4.74 Å². The summed E-state index contributed by atoms with van der Waals surface area (Å²) in [5.74, 6) is -0.972. The van der Waals surface area contributed by atoms with Crippen LogP contribution in [0, 0.1) is 0 Å². The Morgan fingerprint density at radius 2 is 2.10 bits per heavy atom. The molecule has 2 rings (SSSR count). The molecule has 0 amide bonds. The lowest BCUT2D eigenvalue weighted by molar-refractivity contribution is 0.0686. The second-order valence-corrected chi connectivity index (χ2v) is 8.01. The predicted molar refractivity (Wildman–Crippen MR) is 79.9 cm³/mol. The molecule has 0 radical (unpaired) electrons. The zero-order valence-corrected chi connectivity index (χ0v) is 13.2. The normalized spacial score (nSPS) is 22.8. The maximum Gasteiger partial charge on any atom is 0.341 e. The number of halogens is 1. The molecule has 0 heterocycles. The van der Waals surface area contributed by atoms with E-state index in [0.717, 1.165) is 6.42 Å². The maximum atomic E-state index is 11.6. The molecule has 2 atom stereocenters. The molecule has 0 aromatic heterocycles. The fourth-order valence-corrected chi connectivity index (χ4v) is 3.99. The Kier molecular flexibility index (Phi) is 4.78. The van der Waals surface area contributed by atoms with E-state index in [-0.39, 0.29) is 22.4 Å². The summed E-state index contributed by atoms with van der Waals surface area (Å²) in [6.45, 7) is 0. The second kappa shape index (κ2) is 6.23. The Balaban J connectivity index is 2.19. The van der Waals surface area contributed by atoms with Gasteiger partial charge in [-0.25, -0.2) is 13.2 Å². The minimum atomic E-state index is -3.11. The standard InChI is InChI=1S/C14H17ClO5S/c1-21(18,19)10-5-2-4-9(8-10)20-12-7-3-6-11(15)13(12)14(16)17/h3,6-7,9-10H,2,4-5,8H2,1H3,(H,16,17). The van der Waals surface area contributed by atoms with Crippen LogP contribution in [0.25, 0.3) is 0 Å². The van der Waals surface area contributed by atoms with Gasteiger partial charge in [-0.3, -0.25) is 0 Å². The zero-order chi connectivity index (χ0) is 15.6. The van der Waals surface area contributed by atoms with Crippen molar-refractivity contribution in [2.24, 2.45) is 0 Å². The summed E-state index contributed by atoms with van der Waals surface area (Å²) >= 11 is 5.89. The van der Waals surface area contributed by atoms with Crippen molar-refractivity contribution >= 4 is 27.4 Å². The number of aromatic carboxylic acids is 1. The monoisotopic (exact) mass is 332 g/mol. The molecule has 0 spiro atoms. The molecule has 5 nitrogen and oxygen atoms in total. The van der Waals surface area contributed by atoms with Crippen LogP contribution in [-0.2, 0) is 9.84 Å². The highest BCUT2D eigenvalue weighted by Crippen LogP contribution is 2.31. The quantitative estimate of drug-likeness (QED) is 0.917. The van der Waals surface area contributed by atoms with Gasteiger partial charge in [-0.1, -0.05) is 17.7 Å². The molecule has 0 saturated heterocycles. The molecule has 0 bridgehead atoms. The number of carboxylic acid groups (broad SMARTS) is 1. The number of ether oxygens (including phenoxy) is 1. The largest absolute Gasteiger partial charge is 0.489 e. The molecule has 116 valence electrons. The molecule has 1 aliphatic rings. The van der Waals surface area contributed by atoms with Crippen molar-refractivity contribution < 1.29 is 23.1 Å². The highest BCUT2D eigenvalue weighted by Gasteiger charge is 2.30. The first-order valence-electron chi connectivity index (χ1n) is 6.66. The van der Waals surface area contributed by atoms with Crippen molar-refractivity contribution in [1.29, 1.82) is 0 Å². The SMILES string of the molecule is CS(=O)(=O)C1CCCC(Oc2cccc(Cl)c2C(=O)O)C1. The average molecular weight is 333 g/mol. The smallest absolute Gasteiger partial charge is 0.341 e. The van der Waals surface area contributed by atoms with Crippen LogP contribution in [0.5, 0.6) is 5.75 Å². The third-order valence-electron chi connectivity index (χ3n) is 3.67. The fourth-order valence-electron chi connectivity index (χ4n) is 2.59. The number of carbonyl (C=O) groups is 1. The summed E-state index contributed by atoms with van der Waals surface area (Å²) in [4.78, 5) is 11.2. The van der Waals surface area contributed by atoms with E-state index in [1.165, 1.54) is 12.3 Å². The highest BCUT2D eigenvalue weighted by atomic mass is 35.5. The van der Waals surface area contributed by atoms with E-state index in [9.17, 15) is 18.3 Å². The van der Waals surface area contributed by atoms with Gasteiger partial charge in [0.15, 0.2) is 0 Å². The molecular weight excluding hydrogens is 316 g/mol. The minimum Gasteiger partial charge on any atom is -0.489 e. The lowest BCUT2D eigenvalue weighted by Crippen LogP contribution is -2.33. The summed E-state index contributed by atoms with van der Waals surface area (Å²) in [5, 5.41) is 8.88. The first-order chi connectivity index (χ1) is 9.79. The molecule has 7 heteroatoms. The Hall–Kier alpha value is -1.27. The molecule has 1 fully saturated rings. The summed E-state index contributed by atoms with van der Waals surface area (Å²) in [7, 11) is -3.11. The summed E-state index contributed by atoms with van der Waals surface area (Å²) in [6.07, 6.45) is 3.37. The lowest BCUT2D eigenvalue weighted by Gasteiger charge is -2.29. The van der Waals surface area contributed by atoms with Gasteiger partial charge in [-0.05, 0) is 31.4 Å². The van der Waals surface area contributed by atoms with Gasteiger partial charge in [0.1, 0.15) is 21.2 Å². The minimum absolute atomic E-state index is 0.0827. The zero-order valence-electron chi connectivity index (χ0n) is 11.6. The lowest BCUT2D eigenvalue weighted by atomic mass is 9.97. The van der Waals surface area contributed by atoms with E-state index >= 15 is 0 Å².